The summed E-state index contributed by atoms with van der Waals surface area (Å²) in [7, 11) is 1.45. The summed E-state index contributed by atoms with van der Waals surface area (Å²) in [5, 5.41) is 23.9. The number of benzene rings is 1. The lowest BCUT2D eigenvalue weighted by atomic mass is 9.69. The van der Waals surface area contributed by atoms with Crippen molar-refractivity contribution in [1.29, 1.82) is 0 Å². The number of rotatable bonds is 2. The molecule has 7 nitrogen and oxygen atoms in total. The van der Waals surface area contributed by atoms with Crippen molar-refractivity contribution in [1.82, 2.24) is 0 Å². The molecule has 4 aliphatic heterocycles. The number of nitrogens with zero attached hydrogens (tertiary/aromatic N) is 2. The fourth-order valence-corrected chi connectivity index (χ4v) is 5.57. The van der Waals surface area contributed by atoms with E-state index in [4.69, 9.17) is 14.6 Å². The first kappa shape index (κ1) is 16.4. The number of hydrogen-bond acceptors (Lipinski definition) is 6. The minimum Gasteiger partial charge on any atom is -0.387 e. The van der Waals surface area contributed by atoms with Gasteiger partial charge >= 0.3 is 0 Å². The molecule has 6 rings (SSSR count). The van der Waals surface area contributed by atoms with Gasteiger partial charge in [-0.3, -0.25) is 14.6 Å². The van der Waals surface area contributed by atoms with Gasteiger partial charge in [0.05, 0.1) is 25.4 Å². The topological polar surface area (TPSA) is 91.6 Å². The Morgan fingerprint density at radius 3 is 2.92 bits per heavy atom. The van der Waals surface area contributed by atoms with Crippen LogP contribution in [0.3, 0.4) is 0 Å². The highest BCUT2D eigenvalue weighted by atomic mass is 16.7. The molecule has 2 saturated heterocycles. The summed E-state index contributed by atoms with van der Waals surface area (Å²) in [6, 6.07) is 7.14. The smallest absolute Gasteiger partial charge is 0.264 e. The van der Waals surface area contributed by atoms with E-state index in [2.05, 4.69) is 0 Å². The normalized spacial score (nSPS) is 43.0. The van der Waals surface area contributed by atoms with Crippen LogP contribution in [-0.2, 0) is 19.8 Å². The van der Waals surface area contributed by atoms with Crippen LogP contribution in [0.5, 0.6) is 0 Å². The SMILES string of the molecule is CCC1=N[C@H]2C[C@@]3(C(=O)N(OC)c4ccccc43)[C@@H]3OC[C@H]2[C@@]1(O)[C@@H]3O. The molecule has 1 amide bonds. The van der Waals surface area contributed by atoms with Crippen molar-refractivity contribution in [3.63, 3.8) is 0 Å². The highest BCUT2D eigenvalue weighted by Crippen LogP contribution is 2.57. The molecule has 1 aromatic rings. The largest absolute Gasteiger partial charge is 0.387 e. The second kappa shape index (κ2) is 5.13. The number of carbonyl (C=O) groups is 1. The molecule has 6 atom stereocenters. The molecule has 1 aromatic carbocycles. The summed E-state index contributed by atoms with van der Waals surface area (Å²) in [6.45, 7) is 2.20. The van der Waals surface area contributed by atoms with E-state index in [-0.39, 0.29) is 24.5 Å². The van der Waals surface area contributed by atoms with Crippen molar-refractivity contribution in [3.05, 3.63) is 29.8 Å². The van der Waals surface area contributed by atoms with Gasteiger partial charge in [-0.2, -0.15) is 5.06 Å². The Morgan fingerprint density at radius 2 is 2.19 bits per heavy atom. The lowest BCUT2D eigenvalue weighted by molar-refractivity contribution is -0.194. The predicted octanol–water partition coefficient (Wildman–Crippen LogP) is 0.576. The lowest BCUT2D eigenvalue weighted by Gasteiger charge is -2.46. The van der Waals surface area contributed by atoms with E-state index in [1.807, 2.05) is 31.2 Å². The number of aliphatic hydroxyl groups is 2. The molecule has 2 N–H and O–H groups in total. The van der Waals surface area contributed by atoms with Crippen LogP contribution in [0, 0.1) is 5.92 Å². The fourth-order valence-electron chi connectivity index (χ4n) is 5.57. The number of anilines is 1. The zero-order chi connectivity index (χ0) is 18.3. The van der Waals surface area contributed by atoms with Gasteiger partial charge in [-0.1, -0.05) is 25.1 Å². The Balaban J connectivity index is 1.75. The number of amides is 1. The monoisotopic (exact) mass is 358 g/mol. The molecule has 138 valence electrons. The number of aliphatic imine (C=N–C) groups is 1. The summed E-state index contributed by atoms with van der Waals surface area (Å²) in [4.78, 5) is 23.5. The van der Waals surface area contributed by atoms with Gasteiger partial charge in [-0.25, -0.2) is 0 Å². The molecule has 0 radical (unpaired) electrons. The molecular weight excluding hydrogens is 336 g/mol. The molecule has 1 aliphatic carbocycles. The van der Waals surface area contributed by atoms with Crippen molar-refractivity contribution in [2.45, 2.75) is 49.0 Å². The van der Waals surface area contributed by atoms with Gasteiger partial charge in [-0.05, 0) is 24.5 Å². The minimum atomic E-state index is -1.43. The Kier molecular flexibility index (Phi) is 3.23. The van der Waals surface area contributed by atoms with Gasteiger partial charge in [0.1, 0.15) is 23.2 Å². The van der Waals surface area contributed by atoms with Crippen molar-refractivity contribution < 1.29 is 24.6 Å². The maximum Gasteiger partial charge on any atom is 0.264 e. The van der Waals surface area contributed by atoms with E-state index in [0.717, 1.165) is 5.56 Å². The van der Waals surface area contributed by atoms with E-state index in [1.165, 1.54) is 12.2 Å². The number of fused-ring (bicyclic) bond motifs is 2. The first-order valence-electron chi connectivity index (χ1n) is 9.07. The zero-order valence-corrected chi connectivity index (χ0v) is 14.8. The molecule has 4 heterocycles. The zero-order valence-electron chi connectivity index (χ0n) is 14.8. The molecule has 1 spiro atoms. The maximum atomic E-state index is 13.5. The Labute approximate surface area is 151 Å². The van der Waals surface area contributed by atoms with Crippen LogP contribution in [0.25, 0.3) is 0 Å². The van der Waals surface area contributed by atoms with Crippen LogP contribution in [0.4, 0.5) is 5.69 Å². The fraction of sp³-hybridized carbons (Fsp3) is 0.579. The Bertz CT molecular complexity index is 826. The molecule has 5 aliphatic rings. The van der Waals surface area contributed by atoms with Gasteiger partial charge in [0.25, 0.3) is 5.91 Å². The second-order valence-corrected chi connectivity index (χ2v) is 7.60. The third-order valence-corrected chi connectivity index (χ3v) is 6.71. The molecule has 0 unspecified atom stereocenters. The van der Waals surface area contributed by atoms with E-state index in [9.17, 15) is 15.0 Å². The summed E-state index contributed by atoms with van der Waals surface area (Å²) >= 11 is 0. The van der Waals surface area contributed by atoms with Gasteiger partial charge in [-0.15, -0.1) is 0 Å². The molecule has 3 fully saturated rings. The van der Waals surface area contributed by atoms with Gasteiger partial charge < -0.3 is 14.9 Å². The average Bonchev–Trinajstić information content (AvgIpc) is 2.95. The van der Waals surface area contributed by atoms with Crippen LogP contribution in [-0.4, -0.2) is 59.4 Å². The van der Waals surface area contributed by atoms with E-state index in [0.29, 0.717) is 24.2 Å². The minimum absolute atomic E-state index is 0.268. The third kappa shape index (κ3) is 1.59. The van der Waals surface area contributed by atoms with Crippen LogP contribution in [0.1, 0.15) is 25.3 Å². The van der Waals surface area contributed by atoms with Gasteiger partial charge in [0, 0.05) is 11.6 Å². The molecule has 7 heteroatoms. The van der Waals surface area contributed by atoms with E-state index < -0.39 is 23.2 Å². The van der Waals surface area contributed by atoms with Gasteiger partial charge in [0.15, 0.2) is 0 Å². The maximum absolute atomic E-state index is 13.5. The van der Waals surface area contributed by atoms with Crippen molar-refractivity contribution in [2.24, 2.45) is 10.9 Å². The van der Waals surface area contributed by atoms with Crippen molar-refractivity contribution in [3.8, 4) is 0 Å². The quantitative estimate of drug-likeness (QED) is 0.807. The van der Waals surface area contributed by atoms with E-state index in [1.54, 1.807) is 0 Å². The average molecular weight is 358 g/mol. The summed E-state index contributed by atoms with van der Waals surface area (Å²) in [5.74, 6) is -0.602. The molecule has 1 saturated carbocycles. The van der Waals surface area contributed by atoms with Crippen LogP contribution in [0.15, 0.2) is 29.3 Å². The highest BCUT2D eigenvalue weighted by Gasteiger charge is 2.72. The molecule has 26 heavy (non-hydrogen) atoms. The van der Waals surface area contributed by atoms with Crippen molar-refractivity contribution >= 4 is 17.3 Å². The summed E-state index contributed by atoms with van der Waals surface area (Å²) < 4.78 is 6.02. The number of ether oxygens (including phenoxy) is 1. The number of aliphatic hydroxyl groups excluding tert-OH is 1. The highest BCUT2D eigenvalue weighted by molar-refractivity contribution is 6.08. The lowest BCUT2D eigenvalue weighted by Crippen LogP contribution is -2.66. The molecule has 0 aromatic heterocycles. The Morgan fingerprint density at radius 1 is 1.42 bits per heavy atom. The number of carbonyl (C=O) groups excluding carboxylic acids is 1. The third-order valence-electron chi connectivity index (χ3n) is 6.71. The summed E-state index contributed by atoms with van der Waals surface area (Å²) in [5.41, 5.74) is -0.504. The number of hydroxylamine groups is 1. The first-order chi connectivity index (χ1) is 12.5. The van der Waals surface area contributed by atoms with Gasteiger partial charge in [0.2, 0.25) is 0 Å². The molecule has 4 bridgehead atoms. The van der Waals surface area contributed by atoms with Crippen LogP contribution in [0.2, 0.25) is 0 Å². The van der Waals surface area contributed by atoms with Crippen LogP contribution < -0.4 is 5.06 Å². The van der Waals surface area contributed by atoms with E-state index >= 15 is 0 Å². The standard InChI is InChI=1S/C19H22N2O5/c1-3-14-19(24)11-9-26-16(15(19)22)18(8-12(11)20-14)10-6-4-5-7-13(10)21(25-2)17(18)23/h4-7,11-12,15-16,22,24H,3,8-9H2,1-2H3/t11-,12+,15-,16-,18+,19+/m1/s1. The summed E-state index contributed by atoms with van der Waals surface area (Å²) in [6.07, 6.45) is -1.11. The second-order valence-electron chi connectivity index (χ2n) is 7.60. The first-order valence-corrected chi connectivity index (χ1v) is 9.07. The van der Waals surface area contributed by atoms with Crippen molar-refractivity contribution in [2.75, 3.05) is 18.8 Å². The Hall–Kier alpha value is -1.80. The molecular formula is C19H22N2O5. The number of hydrogen-bond donors (Lipinski definition) is 2. The number of para-hydroxylation sites is 1. The van der Waals surface area contributed by atoms with Crippen LogP contribution >= 0.6 is 0 Å². The predicted molar refractivity (Wildman–Crippen MR) is 92.9 cm³/mol.